The highest BCUT2D eigenvalue weighted by atomic mass is 16.5. The molecule has 0 aromatic rings. The third kappa shape index (κ3) is 5.51. The van der Waals surface area contributed by atoms with E-state index in [1.165, 1.54) is 6.92 Å². The molecule has 5 nitrogen and oxygen atoms in total. The van der Waals surface area contributed by atoms with Gasteiger partial charge in [0.25, 0.3) is 0 Å². The summed E-state index contributed by atoms with van der Waals surface area (Å²) in [5, 5.41) is 19.9. The second-order valence-corrected chi connectivity index (χ2v) is 3.42. The SMILES string of the molecule is C=CC(=O)OCCCN(O)C(C)(O)CC. The zero-order chi connectivity index (χ0) is 11.9. The van der Waals surface area contributed by atoms with Gasteiger partial charge in [0, 0.05) is 12.6 Å². The van der Waals surface area contributed by atoms with Gasteiger partial charge < -0.3 is 15.1 Å². The summed E-state index contributed by atoms with van der Waals surface area (Å²) in [6.07, 6.45) is 1.95. The fraction of sp³-hybridized carbons (Fsp3) is 0.700. The van der Waals surface area contributed by atoms with Crippen LogP contribution in [0, 0.1) is 0 Å². The summed E-state index contributed by atoms with van der Waals surface area (Å²) in [7, 11) is 0. The Morgan fingerprint density at radius 2 is 2.27 bits per heavy atom. The first-order valence-corrected chi connectivity index (χ1v) is 4.92. The van der Waals surface area contributed by atoms with E-state index in [0.29, 0.717) is 12.8 Å². The van der Waals surface area contributed by atoms with Crippen LogP contribution in [-0.2, 0) is 9.53 Å². The van der Waals surface area contributed by atoms with Crippen LogP contribution < -0.4 is 0 Å². The van der Waals surface area contributed by atoms with E-state index in [2.05, 4.69) is 6.58 Å². The van der Waals surface area contributed by atoms with E-state index >= 15 is 0 Å². The minimum atomic E-state index is -1.23. The average Bonchev–Trinajstić information content (AvgIpc) is 2.23. The van der Waals surface area contributed by atoms with Crippen LogP contribution in [0.1, 0.15) is 26.7 Å². The summed E-state index contributed by atoms with van der Waals surface area (Å²) in [6.45, 7) is 6.97. The van der Waals surface area contributed by atoms with Crippen molar-refractivity contribution in [2.24, 2.45) is 0 Å². The molecule has 0 spiro atoms. The molecule has 0 saturated heterocycles. The van der Waals surface area contributed by atoms with Crippen LogP contribution in [0.5, 0.6) is 0 Å². The lowest BCUT2D eigenvalue weighted by Crippen LogP contribution is -2.44. The van der Waals surface area contributed by atoms with Gasteiger partial charge in [-0.25, -0.2) is 4.79 Å². The molecular formula is C10H19NO4. The standard InChI is InChI=1S/C10H19NO4/c1-4-9(12)15-8-6-7-11(14)10(3,13)5-2/h4,13-14H,1,5-8H2,2-3H3. The number of carbonyl (C=O) groups excluding carboxylic acids is 1. The Bertz CT molecular complexity index is 215. The first-order valence-electron chi connectivity index (χ1n) is 4.92. The fourth-order valence-electron chi connectivity index (χ4n) is 0.869. The van der Waals surface area contributed by atoms with Gasteiger partial charge in [-0.2, -0.15) is 5.06 Å². The maximum atomic E-state index is 10.6. The first kappa shape index (κ1) is 14.1. The molecule has 0 amide bonds. The number of nitrogens with zero attached hydrogens (tertiary/aromatic N) is 1. The second kappa shape index (κ2) is 6.55. The lowest BCUT2D eigenvalue weighted by molar-refractivity contribution is -0.255. The predicted molar refractivity (Wildman–Crippen MR) is 55.2 cm³/mol. The van der Waals surface area contributed by atoms with Crippen molar-refractivity contribution in [3.05, 3.63) is 12.7 Å². The van der Waals surface area contributed by atoms with Gasteiger partial charge in [-0.15, -0.1) is 0 Å². The van der Waals surface area contributed by atoms with Crippen LogP contribution in [0.4, 0.5) is 0 Å². The molecule has 0 aromatic carbocycles. The zero-order valence-corrected chi connectivity index (χ0v) is 9.27. The Kier molecular flexibility index (Phi) is 6.15. The van der Waals surface area contributed by atoms with Crippen LogP contribution in [0.3, 0.4) is 0 Å². The average molecular weight is 217 g/mol. The maximum absolute atomic E-state index is 10.6. The van der Waals surface area contributed by atoms with E-state index in [0.717, 1.165) is 11.1 Å². The summed E-state index contributed by atoms with van der Waals surface area (Å²) in [4.78, 5) is 10.6. The van der Waals surface area contributed by atoms with Gasteiger partial charge in [-0.1, -0.05) is 13.5 Å². The molecule has 0 fully saturated rings. The third-order valence-corrected chi connectivity index (χ3v) is 2.15. The molecule has 0 rings (SSSR count). The van der Waals surface area contributed by atoms with Gasteiger partial charge in [-0.05, 0) is 19.8 Å². The normalized spacial score (nSPS) is 14.7. The van der Waals surface area contributed by atoms with Crippen LogP contribution in [0.15, 0.2) is 12.7 Å². The van der Waals surface area contributed by atoms with Crippen LogP contribution >= 0.6 is 0 Å². The largest absolute Gasteiger partial charge is 0.462 e. The van der Waals surface area contributed by atoms with Gasteiger partial charge in [0.1, 0.15) is 5.72 Å². The Balaban J connectivity index is 3.68. The molecule has 88 valence electrons. The van der Waals surface area contributed by atoms with Gasteiger partial charge in [0.2, 0.25) is 0 Å². The third-order valence-electron chi connectivity index (χ3n) is 2.15. The molecule has 15 heavy (non-hydrogen) atoms. The van der Waals surface area contributed by atoms with Crippen LogP contribution in [-0.4, -0.2) is 40.2 Å². The molecule has 2 N–H and O–H groups in total. The Morgan fingerprint density at radius 3 is 2.73 bits per heavy atom. The highest BCUT2D eigenvalue weighted by Crippen LogP contribution is 2.12. The van der Waals surface area contributed by atoms with E-state index in [1.807, 2.05) is 0 Å². The van der Waals surface area contributed by atoms with Crippen molar-refractivity contribution >= 4 is 5.97 Å². The van der Waals surface area contributed by atoms with E-state index in [-0.39, 0.29) is 13.2 Å². The van der Waals surface area contributed by atoms with Gasteiger partial charge in [0.05, 0.1) is 6.61 Å². The van der Waals surface area contributed by atoms with Crippen molar-refractivity contribution in [1.29, 1.82) is 0 Å². The number of rotatable bonds is 7. The molecule has 0 aliphatic heterocycles. The Morgan fingerprint density at radius 1 is 1.67 bits per heavy atom. The number of hydrogen-bond donors (Lipinski definition) is 2. The van der Waals surface area contributed by atoms with Crippen molar-refractivity contribution in [3.63, 3.8) is 0 Å². The fourth-order valence-corrected chi connectivity index (χ4v) is 0.869. The van der Waals surface area contributed by atoms with Gasteiger partial charge in [-0.3, -0.25) is 0 Å². The second-order valence-electron chi connectivity index (χ2n) is 3.42. The van der Waals surface area contributed by atoms with Gasteiger partial charge in [0.15, 0.2) is 0 Å². The van der Waals surface area contributed by atoms with Crippen molar-refractivity contribution in [2.75, 3.05) is 13.2 Å². The monoisotopic (exact) mass is 217 g/mol. The number of esters is 1. The quantitative estimate of drug-likeness (QED) is 0.218. The summed E-state index contributed by atoms with van der Waals surface area (Å²) in [5.41, 5.74) is -1.23. The molecule has 0 radical (unpaired) electrons. The molecule has 5 heteroatoms. The summed E-state index contributed by atoms with van der Waals surface area (Å²) in [6, 6.07) is 0. The predicted octanol–water partition coefficient (Wildman–Crippen LogP) is 0.915. The van der Waals surface area contributed by atoms with Gasteiger partial charge >= 0.3 is 5.97 Å². The molecule has 0 aromatic heterocycles. The molecule has 0 bridgehead atoms. The number of aliphatic hydroxyl groups is 1. The molecule has 1 unspecified atom stereocenters. The van der Waals surface area contributed by atoms with Crippen molar-refractivity contribution in [1.82, 2.24) is 5.06 Å². The Hall–Kier alpha value is -0.910. The molecule has 0 heterocycles. The Labute approximate surface area is 89.9 Å². The zero-order valence-electron chi connectivity index (χ0n) is 9.27. The minimum absolute atomic E-state index is 0.196. The maximum Gasteiger partial charge on any atom is 0.330 e. The molecule has 0 aliphatic rings. The molecule has 1 atom stereocenters. The van der Waals surface area contributed by atoms with E-state index in [1.54, 1.807) is 6.92 Å². The number of carbonyl (C=O) groups is 1. The lowest BCUT2D eigenvalue weighted by Gasteiger charge is -2.30. The highest BCUT2D eigenvalue weighted by molar-refractivity contribution is 5.81. The van der Waals surface area contributed by atoms with Crippen molar-refractivity contribution in [2.45, 2.75) is 32.4 Å². The summed E-state index contributed by atoms with van der Waals surface area (Å²) >= 11 is 0. The topological polar surface area (TPSA) is 70.0 Å². The van der Waals surface area contributed by atoms with Crippen molar-refractivity contribution < 1.29 is 19.8 Å². The molecular weight excluding hydrogens is 198 g/mol. The van der Waals surface area contributed by atoms with E-state index in [9.17, 15) is 15.1 Å². The minimum Gasteiger partial charge on any atom is -0.462 e. The number of hydroxylamine groups is 2. The summed E-state index contributed by atoms with van der Waals surface area (Å²) < 4.78 is 4.71. The highest BCUT2D eigenvalue weighted by Gasteiger charge is 2.24. The lowest BCUT2D eigenvalue weighted by atomic mass is 10.2. The van der Waals surface area contributed by atoms with E-state index < -0.39 is 11.7 Å². The van der Waals surface area contributed by atoms with Crippen LogP contribution in [0.25, 0.3) is 0 Å². The molecule has 0 aliphatic carbocycles. The van der Waals surface area contributed by atoms with Crippen molar-refractivity contribution in [3.8, 4) is 0 Å². The number of hydrogen-bond acceptors (Lipinski definition) is 5. The van der Waals surface area contributed by atoms with Crippen LogP contribution in [0.2, 0.25) is 0 Å². The molecule has 0 saturated carbocycles. The summed E-state index contributed by atoms with van der Waals surface area (Å²) in [5.74, 6) is -0.484. The van der Waals surface area contributed by atoms with E-state index in [4.69, 9.17) is 4.74 Å². The smallest absolute Gasteiger partial charge is 0.330 e. The first-order chi connectivity index (χ1) is 6.94. The number of ether oxygens (including phenoxy) is 1.